The van der Waals surface area contributed by atoms with Gasteiger partial charge in [0, 0.05) is 0 Å². The van der Waals surface area contributed by atoms with Crippen molar-refractivity contribution in [3.63, 3.8) is 0 Å². The number of rotatable bonds is 2. The molecule has 0 aliphatic carbocycles. The van der Waals surface area contributed by atoms with E-state index in [1.165, 1.54) is 0 Å². The molecule has 0 amide bonds. The van der Waals surface area contributed by atoms with Crippen molar-refractivity contribution in [1.29, 1.82) is 0 Å². The lowest BCUT2D eigenvalue weighted by atomic mass is 10.4. The monoisotopic (exact) mass is 283 g/mol. The molecule has 1 saturated heterocycles. The molecule has 1 aliphatic heterocycles. The van der Waals surface area contributed by atoms with E-state index >= 15 is 0 Å². The number of carbonyl (C=O) groups is 1. The van der Waals surface area contributed by atoms with Gasteiger partial charge < -0.3 is 14.3 Å². The maximum absolute atomic E-state index is 11.4. The third-order valence-electron chi connectivity index (χ3n) is 2.44. The number of morpholine rings is 1. The van der Waals surface area contributed by atoms with Crippen molar-refractivity contribution in [3.05, 3.63) is 11.4 Å². The molecular formula is C12H19N4O4+. The zero-order valence-electron chi connectivity index (χ0n) is 12.0. The molecule has 1 aliphatic rings. The lowest BCUT2D eigenvalue weighted by Gasteiger charge is -2.20. The fraction of sp³-hybridized carbons (Fsp3) is 0.667. The van der Waals surface area contributed by atoms with Crippen molar-refractivity contribution < 1.29 is 23.7 Å². The van der Waals surface area contributed by atoms with Crippen LogP contribution in [0.4, 0.5) is 0 Å². The zero-order chi connectivity index (χ0) is 15.0. The second-order valence-corrected chi connectivity index (χ2v) is 4.11. The van der Waals surface area contributed by atoms with E-state index in [-0.39, 0.29) is 6.61 Å². The molecule has 0 saturated carbocycles. The molecule has 8 nitrogen and oxygen atoms in total. The predicted molar refractivity (Wildman–Crippen MR) is 71.3 cm³/mol. The van der Waals surface area contributed by atoms with E-state index in [1.807, 2.05) is 4.90 Å². The largest absolute Gasteiger partial charge is 0.492 e. The topological polar surface area (TPSA) is 67.7 Å². The third-order valence-corrected chi connectivity index (χ3v) is 2.44. The van der Waals surface area contributed by atoms with E-state index < -0.39 is 11.8 Å². The summed E-state index contributed by atoms with van der Waals surface area (Å²) in [5.74, 6) is -1.22. The van der Waals surface area contributed by atoms with Gasteiger partial charge in [-0.05, 0) is 6.92 Å². The Hall–Kier alpha value is -2.14. The molecule has 1 fully saturated rings. The van der Waals surface area contributed by atoms with Crippen LogP contribution in [0.2, 0.25) is 0 Å². The number of esters is 1. The Kier molecular flexibility index (Phi) is 6.46. The highest BCUT2D eigenvalue weighted by Gasteiger charge is 2.28. The molecule has 0 N–H and O–H groups in total. The van der Waals surface area contributed by atoms with Crippen molar-refractivity contribution in [1.82, 2.24) is 4.90 Å². The normalized spacial score (nSPS) is 15.3. The Balaban J connectivity index is 2.78. The Labute approximate surface area is 118 Å². The summed E-state index contributed by atoms with van der Waals surface area (Å²) in [5.41, 5.74) is 0. The predicted octanol–water partition coefficient (Wildman–Crippen LogP) is -0.241. The average molecular weight is 283 g/mol. The van der Waals surface area contributed by atoms with Crippen LogP contribution in [0.15, 0.2) is 5.16 Å². The lowest BCUT2D eigenvalue weighted by molar-refractivity contribution is -0.481. The van der Waals surface area contributed by atoms with E-state index in [0.29, 0.717) is 32.3 Å². The van der Waals surface area contributed by atoms with E-state index in [4.69, 9.17) is 20.9 Å². The average Bonchev–Trinajstić information content (AvgIpc) is 2.44. The Bertz CT molecular complexity index is 443. The van der Waals surface area contributed by atoms with E-state index in [2.05, 4.69) is 10.0 Å². The highest BCUT2D eigenvalue weighted by Crippen LogP contribution is 2.01. The van der Waals surface area contributed by atoms with Gasteiger partial charge in [0.15, 0.2) is 0 Å². The third kappa shape index (κ3) is 4.51. The van der Waals surface area contributed by atoms with Crippen LogP contribution in [-0.4, -0.2) is 74.3 Å². The van der Waals surface area contributed by atoms with Gasteiger partial charge in [0.25, 0.3) is 0 Å². The minimum atomic E-state index is -0.789. The Morgan fingerprint density at radius 1 is 1.45 bits per heavy atom. The Morgan fingerprint density at radius 2 is 2.10 bits per heavy atom. The van der Waals surface area contributed by atoms with Crippen molar-refractivity contribution in [2.45, 2.75) is 6.92 Å². The van der Waals surface area contributed by atoms with Crippen LogP contribution in [0.3, 0.4) is 0 Å². The van der Waals surface area contributed by atoms with Crippen LogP contribution >= 0.6 is 0 Å². The summed E-state index contributed by atoms with van der Waals surface area (Å²) in [7, 11) is 3.59. The second kappa shape index (κ2) is 8.12. The molecule has 20 heavy (non-hydrogen) atoms. The van der Waals surface area contributed by atoms with Gasteiger partial charge in [0.05, 0.1) is 39.1 Å². The summed E-state index contributed by atoms with van der Waals surface area (Å²) in [6.07, 6.45) is 0. The first kappa shape index (κ1) is 15.9. The van der Waals surface area contributed by atoms with Gasteiger partial charge in [-0.25, -0.2) is 9.48 Å². The first-order chi connectivity index (χ1) is 9.60. The number of carbonyl (C=O) groups excluding carboxylic acids is 1. The SMILES string of the molecule is [C-]#[N+]/C(=N\OC(N1CCOCC1)=[N+](C)C)C(=O)OCC. The fourth-order valence-corrected chi connectivity index (χ4v) is 1.56. The van der Waals surface area contributed by atoms with Gasteiger partial charge in [-0.2, -0.15) is 4.84 Å². The standard InChI is InChI=1S/C12H19N4O4/c1-5-19-11(17)10(13-2)14-20-12(15(3)4)16-6-8-18-9-7-16/h5-9H2,1,3-4H3/q+1/b14-10-. The van der Waals surface area contributed by atoms with Crippen LogP contribution in [0, 0.1) is 6.57 Å². The highest BCUT2D eigenvalue weighted by atomic mass is 16.7. The molecule has 1 heterocycles. The first-order valence-corrected chi connectivity index (χ1v) is 6.26. The highest BCUT2D eigenvalue weighted by molar-refractivity contribution is 6.39. The molecule has 0 aromatic heterocycles. The summed E-state index contributed by atoms with van der Waals surface area (Å²) >= 11 is 0. The van der Waals surface area contributed by atoms with Crippen molar-refractivity contribution in [2.75, 3.05) is 47.0 Å². The van der Waals surface area contributed by atoms with E-state index in [9.17, 15) is 4.79 Å². The molecule has 0 aromatic carbocycles. The molecule has 0 aromatic rings. The number of nitrogens with zero attached hydrogens (tertiary/aromatic N) is 4. The molecule has 0 unspecified atom stereocenters. The van der Waals surface area contributed by atoms with Gasteiger partial charge in [0.2, 0.25) is 0 Å². The number of hydrogen-bond acceptors (Lipinski definition) is 5. The summed E-state index contributed by atoms with van der Waals surface area (Å²) in [4.78, 5) is 21.6. The molecule has 0 radical (unpaired) electrons. The van der Waals surface area contributed by atoms with Gasteiger partial charge in [0.1, 0.15) is 13.1 Å². The van der Waals surface area contributed by atoms with E-state index in [1.54, 1.807) is 25.6 Å². The molecule has 0 spiro atoms. The number of amidine groups is 2. The summed E-state index contributed by atoms with van der Waals surface area (Å²) in [6, 6.07) is 0.457. The zero-order valence-corrected chi connectivity index (χ0v) is 12.0. The van der Waals surface area contributed by atoms with Crippen LogP contribution < -0.4 is 0 Å². The molecular weight excluding hydrogens is 264 g/mol. The minimum absolute atomic E-state index is 0.182. The van der Waals surface area contributed by atoms with Crippen LogP contribution in [0.25, 0.3) is 4.85 Å². The maximum atomic E-state index is 11.4. The van der Waals surface area contributed by atoms with Gasteiger partial charge in [-0.3, -0.25) is 4.79 Å². The molecule has 8 heteroatoms. The quantitative estimate of drug-likeness (QED) is 0.175. The second-order valence-electron chi connectivity index (χ2n) is 4.11. The van der Waals surface area contributed by atoms with Crippen molar-refractivity contribution in [2.24, 2.45) is 5.16 Å². The van der Waals surface area contributed by atoms with Crippen LogP contribution in [0.5, 0.6) is 0 Å². The summed E-state index contributed by atoms with van der Waals surface area (Å²) in [6.45, 7) is 11.3. The molecule has 110 valence electrons. The van der Waals surface area contributed by atoms with Gasteiger partial charge in [-0.15, -0.1) is 0 Å². The van der Waals surface area contributed by atoms with Gasteiger partial charge >= 0.3 is 17.8 Å². The number of hydrogen-bond donors (Lipinski definition) is 0. The van der Waals surface area contributed by atoms with Gasteiger partial charge in [-0.1, -0.05) is 6.57 Å². The lowest BCUT2D eigenvalue weighted by Crippen LogP contribution is -2.44. The number of oxime groups is 1. The maximum Gasteiger partial charge on any atom is 0.492 e. The summed E-state index contributed by atoms with van der Waals surface area (Å²) < 4.78 is 11.7. The summed E-state index contributed by atoms with van der Waals surface area (Å²) in [5, 5.41) is 3.58. The van der Waals surface area contributed by atoms with Crippen LogP contribution in [-0.2, 0) is 19.1 Å². The smallest absolute Gasteiger partial charge is 0.470 e. The Morgan fingerprint density at radius 3 is 2.60 bits per heavy atom. The molecule has 0 atom stereocenters. The fourth-order valence-electron chi connectivity index (χ4n) is 1.56. The van der Waals surface area contributed by atoms with Crippen molar-refractivity contribution >= 4 is 17.8 Å². The number of ether oxygens (including phenoxy) is 2. The first-order valence-electron chi connectivity index (χ1n) is 6.26. The minimum Gasteiger partial charge on any atom is -0.470 e. The van der Waals surface area contributed by atoms with Crippen molar-refractivity contribution in [3.8, 4) is 0 Å². The van der Waals surface area contributed by atoms with Crippen LogP contribution in [0.1, 0.15) is 6.92 Å². The molecule has 0 bridgehead atoms. The molecule has 1 rings (SSSR count). The van der Waals surface area contributed by atoms with E-state index in [0.717, 1.165) is 0 Å².